The van der Waals surface area contributed by atoms with E-state index in [0.717, 1.165) is 0 Å². The number of halogens is 3. The fourth-order valence-electron chi connectivity index (χ4n) is 2.14. The van der Waals surface area contributed by atoms with Gasteiger partial charge in [0, 0.05) is 6.42 Å². The summed E-state index contributed by atoms with van der Waals surface area (Å²) < 4.78 is 47.3. The topological polar surface area (TPSA) is 76.1 Å². The van der Waals surface area contributed by atoms with Crippen molar-refractivity contribution in [1.29, 1.82) is 0 Å². The van der Waals surface area contributed by atoms with Gasteiger partial charge >= 0.3 is 18.1 Å². The van der Waals surface area contributed by atoms with Crippen molar-refractivity contribution in [3.8, 4) is 0 Å². The molecule has 2 fully saturated rings. The zero-order chi connectivity index (χ0) is 13.6. The van der Waals surface area contributed by atoms with E-state index in [4.69, 9.17) is 14.6 Å². The molecule has 6 nitrogen and oxygen atoms in total. The van der Waals surface area contributed by atoms with E-state index >= 15 is 0 Å². The quantitative estimate of drug-likeness (QED) is 0.724. The highest BCUT2D eigenvalue weighted by molar-refractivity contribution is 5.87. The summed E-state index contributed by atoms with van der Waals surface area (Å²) >= 11 is 0. The number of rotatable bonds is 1. The van der Waals surface area contributed by atoms with Crippen LogP contribution < -0.4 is 0 Å². The third-order valence-corrected chi connectivity index (χ3v) is 2.89. The highest BCUT2D eigenvalue weighted by Crippen LogP contribution is 2.36. The van der Waals surface area contributed by atoms with Crippen molar-refractivity contribution >= 4 is 11.9 Å². The van der Waals surface area contributed by atoms with Crippen LogP contribution in [0, 0.1) is 0 Å². The molecule has 0 saturated carbocycles. The van der Waals surface area contributed by atoms with Gasteiger partial charge in [-0.1, -0.05) is 0 Å². The molecule has 2 saturated heterocycles. The molecule has 0 aliphatic carbocycles. The maximum atomic E-state index is 12.3. The predicted molar refractivity (Wildman–Crippen MR) is 48.4 cm³/mol. The molecule has 2 rings (SSSR count). The van der Waals surface area contributed by atoms with Gasteiger partial charge in [-0.05, 0) is 0 Å². The second-order valence-electron chi connectivity index (χ2n) is 4.10. The Hall–Kier alpha value is -1.35. The highest BCUT2D eigenvalue weighted by Gasteiger charge is 2.57. The maximum absolute atomic E-state index is 12.3. The molecule has 1 spiro atoms. The molecule has 102 valence electrons. The molecule has 0 radical (unpaired) electrons. The van der Waals surface area contributed by atoms with Crippen molar-refractivity contribution in [3.05, 3.63) is 0 Å². The molecule has 2 aliphatic rings. The van der Waals surface area contributed by atoms with Gasteiger partial charge < -0.3 is 19.5 Å². The van der Waals surface area contributed by atoms with Crippen LogP contribution in [0.3, 0.4) is 0 Å². The number of ether oxygens (including phenoxy) is 2. The Labute approximate surface area is 99.2 Å². The maximum Gasteiger partial charge on any atom is 0.471 e. The minimum absolute atomic E-state index is 0.167. The van der Waals surface area contributed by atoms with Crippen molar-refractivity contribution < 1.29 is 37.3 Å². The Morgan fingerprint density at radius 3 is 2.28 bits per heavy atom. The van der Waals surface area contributed by atoms with Gasteiger partial charge in [-0.3, -0.25) is 4.79 Å². The van der Waals surface area contributed by atoms with Gasteiger partial charge in [-0.2, -0.15) is 13.2 Å². The van der Waals surface area contributed by atoms with Crippen LogP contribution in [0.5, 0.6) is 0 Å². The Morgan fingerprint density at radius 1 is 1.28 bits per heavy atom. The summed E-state index contributed by atoms with van der Waals surface area (Å²) in [6, 6.07) is -1.59. The van der Waals surface area contributed by atoms with E-state index in [0.29, 0.717) is 0 Å². The number of alkyl halides is 3. The van der Waals surface area contributed by atoms with E-state index < -0.39 is 36.4 Å². The fourth-order valence-corrected chi connectivity index (χ4v) is 2.14. The zero-order valence-electron chi connectivity index (χ0n) is 9.07. The number of amides is 1. The summed E-state index contributed by atoms with van der Waals surface area (Å²) in [4.78, 5) is 22.3. The third kappa shape index (κ3) is 2.15. The van der Waals surface area contributed by atoms with Gasteiger partial charge in [-0.25, -0.2) is 4.79 Å². The molecule has 0 bridgehead atoms. The van der Waals surface area contributed by atoms with Crippen LogP contribution in [0.4, 0.5) is 13.2 Å². The summed E-state index contributed by atoms with van der Waals surface area (Å²) in [6.45, 7) is -0.191. The molecule has 2 aliphatic heterocycles. The minimum atomic E-state index is -5.11. The van der Waals surface area contributed by atoms with E-state index in [9.17, 15) is 22.8 Å². The second kappa shape index (κ2) is 4.09. The molecular weight excluding hydrogens is 259 g/mol. The largest absolute Gasteiger partial charge is 0.480 e. The van der Waals surface area contributed by atoms with E-state index in [1.165, 1.54) is 0 Å². The lowest BCUT2D eigenvalue weighted by molar-refractivity contribution is -0.191. The summed E-state index contributed by atoms with van der Waals surface area (Å²) in [6.07, 6.45) is -5.41. The van der Waals surface area contributed by atoms with Crippen LogP contribution in [-0.4, -0.2) is 59.6 Å². The first-order chi connectivity index (χ1) is 8.25. The lowest BCUT2D eigenvalue weighted by Gasteiger charge is -2.23. The second-order valence-corrected chi connectivity index (χ2v) is 4.10. The zero-order valence-corrected chi connectivity index (χ0v) is 9.07. The lowest BCUT2D eigenvalue weighted by atomic mass is 10.1. The molecule has 9 heteroatoms. The van der Waals surface area contributed by atoms with Crippen LogP contribution in [0.2, 0.25) is 0 Å². The van der Waals surface area contributed by atoms with Crippen molar-refractivity contribution in [2.75, 3.05) is 19.8 Å². The van der Waals surface area contributed by atoms with Crippen LogP contribution in [0.15, 0.2) is 0 Å². The van der Waals surface area contributed by atoms with Gasteiger partial charge in [0.2, 0.25) is 0 Å². The summed E-state index contributed by atoms with van der Waals surface area (Å²) in [5.74, 6) is -5.11. The number of aliphatic carboxylic acids is 1. The van der Waals surface area contributed by atoms with E-state index in [1.54, 1.807) is 0 Å². The van der Waals surface area contributed by atoms with Crippen LogP contribution in [-0.2, 0) is 19.1 Å². The molecule has 0 unspecified atom stereocenters. The number of hydrogen-bond acceptors (Lipinski definition) is 4. The predicted octanol–water partition coefficient (Wildman–Crippen LogP) is -0.0227. The van der Waals surface area contributed by atoms with Gasteiger partial charge in [0.25, 0.3) is 0 Å². The number of carbonyl (C=O) groups excluding carboxylic acids is 1. The van der Waals surface area contributed by atoms with Gasteiger partial charge in [0.15, 0.2) is 5.79 Å². The molecular formula is C9H10F3NO5. The smallest absolute Gasteiger partial charge is 0.471 e. The monoisotopic (exact) mass is 269 g/mol. The van der Waals surface area contributed by atoms with E-state index in [1.807, 2.05) is 0 Å². The molecule has 18 heavy (non-hydrogen) atoms. The molecule has 0 aromatic carbocycles. The number of nitrogens with zero attached hydrogens (tertiary/aromatic N) is 1. The fraction of sp³-hybridized carbons (Fsp3) is 0.778. The average Bonchev–Trinajstić information content (AvgIpc) is 2.84. The molecule has 0 aromatic rings. The molecule has 1 amide bonds. The van der Waals surface area contributed by atoms with E-state index in [2.05, 4.69) is 0 Å². The summed E-state index contributed by atoms with van der Waals surface area (Å²) in [5, 5.41) is 8.87. The number of likely N-dealkylation sites (tertiary alicyclic amines) is 1. The van der Waals surface area contributed by atoms with Crippen molar-refractivity contribution in [1.82, 2.24) is 4.90 Å². The molecule has 1 N–H and O–H groups in total. The van der Waals surface area contributed by atoms with Crippen LogP contribution >= 0.6 is 0 Å². The number of carboxylic acids is 1. The van der Waals surface area contributed by atoms with Crippen molar-refractivity contribution in [2.24, 2.45) is 0 Å². The molecule has 0 aromatic heterocycles. The lowest BCUT2D eigenvalue weighted by Crippen LogP contribution is -2.47. The number of hydrogen-bond donors (Lipinski definition) is 1. The third-order valence-electron chi connectivity index (χ3n) is 2.89. The van der Waals surface area contributed by atoms with Crippen molar-refractivity contribution in [3.63, 3.8) is 0 Å². The van der Waals surface area contributed by atoms with E-state index in [-0.39, 0.29) is 24.5 Å². The number of carbonyl (C=O) groups is 2. The first-order valence-electron chi connectivity index (χ1n) is 5.14. The normalized spacial score (nSPS) is 26.8. The first kappa shape index (κ1) is 13.1. The molecule has 2 heterocycles. The van der Waals surface area contributed by atoms with Crippen LogP contribution in [0.1, 0.15) is 6.42 Å². The number of carboxylic acid groups (broad SMARTS) is 1. The Bertz CT molecular complexity index is 377. The van der Waals surface area contributed by atoms with Gasteiger partial charge in [0.05, 0.1) is 19.8 Å². The standard InChI is InChI=1S/C9H10F3NO5/c10-9(11,12)7(16)13-4-8(17-1-2-18-8)3-5(13)6(14)15/h5H,1-4H2,(H,14,15)/t5-/m0/s1. The summed E-state index contributed by atoms with van der Waals surface area (Å²) in [5.41, 5.74) is 0. The highest BCUT2D eigenvalue weighted by atomic mass is 19.4. The Balaban J connectivity index is 2.22. The SMILES string of the molecule is O=C(O)[C@@H]1CC2(CN1C(=O)C(F)(F)F)OCCO2. The first-order valence-corrected chi connectivity index (χ1v) is 5.14. The Kier molecular flexibility index (Phi) is 2.98. The Morgan fingerprint density at radius 2 is 1.83 bits per heavy atom. The van der Waals surface area contributed by atoms with Crippen LogP contribution in [0.25, 0.3) is 0 Å². The van der Waals surface area contributed by atoms with Crippen molar-refractivity contribution in [2.45, 2.75) is 24.4 Å². The van der Waals surface area contributed by atoms with Gasteiger partial charge in [-0.15, -0.1) is 0 Å². The summed E-state index contributed by atoms with van der Waals surface area (Å²) in [7, 11) is 0. The van der Waals surface area contributed by atoms with Gasteiger partial charge in [0.1, 0.15) is 6.04 Å². The molecule has 1 atom stereocenters. The average molecular weight is 269 g/mol. The minimum Gasteiger partial charge on any atom is -0.480 e.